The Morgan fingerprint density at radius 2 is 1.79 bits per heavy atom. The fraction of sp³-hybridized carbons (Fsp3) is 0.375. The van der Waals surface area contributed by atoms with Crippen molar-refractivity contribution < 1.29 is 9.53 Å². The Balaban J connectivity index is 1.49. The molecule has 2 atom stereocenters. The van der Waals surface area contributed by atoms with Gasteiger partial charge in [-0.2, -0.15) is 0 Å². The maximum absolute atomic E-state index is 12.2. The number of hydrogen-bond donors (Lipinski definition) is 3. The first kappa shape index (κ1) is 18.3. The number of carbonyl (C=O) groups excluding carboxylic acids is 1. The van der Waals surface area contributed by atoms with Gasteiger partial charge in [0.15, 0.2) is 0 Å². The summed E-state index contributed by atoms with van der Waals surface area (Å²) in [6.07, 6.45) is 5.40. The number of aromatic amines is 1. The highest BCUT2D eigenvalue weighted by atomic mass is 16.6. The molecule has 1 amide bonds. The number of carbonyl (C=O) groups is 1. The molecule has 2 aliphatic heterocycles. The summed E-state index contributed by atoms with van der Waals surface area (Å²) in [6.45, 7) is 1.78. The van der Waals surface area contributed by atoms with Crippen molar-refractivity contribution >= 4 is 17.0 Å². The van der Waals surface area contributed by atoms with E-state index in [1.165, 1.54) is 16.5 Å². The van der Waals surface area contributed by atoms with E-state index in [1.54, 1.807) is 0 Å². The van der Waals surface area contributed by atoms with E-state index in [9.17, 15) is 4.79 Å². The molecule has 1 spiro atoms. The zero-order valence-corrected chi connectivity index (χ0v) is 16.5. The number of nitrogens with one attached hydrogen (secondary N) is 3. The van der Waals surface area contributed by atoms with Crippen LogP contribution in [0.1, 0.15) is 36.3 Å². The Bertz CT molecular complexity index is 992. The zero-order valence-electron chi connectivity index (χ0n) is 16.5. The Kier molecular flexibility index (Phi) is 4.76. The summed E-state index contributed by atoms with van der Waals surface area (Å²) >= 11 is 0. The number of alkyl carbamates (subject to hydrolysis) is 1. The highest BCUT2D eigenvalue weighted by Gasteiger charge is 2.50. The van der Waals surface area contributed by atoms with Crippen LogP contribution in [0, 0.1) is 0 Å². The van der Waals surface area contributed by atoms with Crippen LogP contribution in [0.5, 0.6) is 0 Å². The molecular formula is C24H27N3O2. The van der Waals surface area contributed by atoms with Crippen LogP contribution in [0.25, 0.3) is 10.9 Å². The van der Waals surface area contributed by atoms with E-state index in [0.29, 0.717) is 0 Å². The van der Waals surface area contributed by atoms with Gasteiger partial charge in [-0.3, -0.25) is 0 Å². The highest BCUT2D eigenvalue weighted by Crippen LogP contribution is 2.39. The second-order valence-electron chi connectivity index (χ2n) is 8.31. The van der Waals surface area contributed by atoms with Crippen LogP contribution in [0.4, 0.5) is 4.79 Å². The maximum Gasteiger partial charge on any atom is 0.408 e. The van der Waals surface area contributed by atoms with Crippen molar-refractivity contribution in [3.05, 3.63) is 71.9 Å². The van der Waals surface area contributed by atoms with Crippen LogP contribution >= 0.6 is 0 Å². The van der Waals surface area contributed by atoms with Crippen molar-refractivity contribution in [1.29, 1.82) is 0 Å². The normalized spacial score (nSPS) is 21.8. The number of benzene rings is 2. The maximum atomic E-state index is 12.2. The summed E-state index contributed by atoms with van der Waals surface area (Å²) in [4.78, 5) is 15.6. The molecule has 2 aromatic carbocycles. The van der Waals surface area contributed by atoms with E-state index in [2.05, 4.69) is 76.4 Å². The van der Waals surface area contributed by atoms with Crippen LogP contribution < -0.4 is 10.6 Å². The summed E-state index contributed by atoms with van der Waals surface area (Å²) in [5, 5.41) is 7.80. The highest BCUT2D eigenvalue weighted by molar-refractivity contribution is 5.83. The fourth-order valence-electron chi connectivity index (χ4n) is 5.07. The predicted molar refractivity (Wildman–Crippen MR) is 114 cm³/mol. The lowest BCUT2D eigenvalue weighted by atomic mass is 9.78. The van der Waals surface area contributed by atoms with Gasteiger partial charge in [-0.15, -0.1) is 0 Å². The van der Waals surface area contributed by atoms with Crippen molar-refractivity contribution in [3.63, 3.8) is 0 Å². The lowest BCUT2D eigenvalue weighted by molar-refractivity contribution is 0.00715. The average Bonchev–Trinajstić information content (AvgIpc) is 3.30. The summed E-state index contributed by atoms with van der Waals surface area (Å²) in [5.74, 6) is 0.285. The Hall–Kier alpha value is -2.79. The van der Waals surface area contributed by atoms with E-state index < -0.39 is 0 Å². The number of rotatable bonds is 5. The largest absolute Gasteiger partial charge is 0.441 e. The first-order chi connectivity index (χ1) is 14.2. The minimum absolute atomic E-state index is 0.0273. The van der Waals surface area contributed by atoms with Crippen molar-refractivity contribution in [2.45, 2.75) is 43.2 Å². The van der Waals surface area contributed by atoms with Gasteiger partial charge in [0, 0.05) is 29.9 Å². The van der Waals surface area contributed by atoms with Crippen LogP contribution in [0.15, 0.2) is 60.8 Å². The van der Waals surface area contributed by atoms with Crippen molar-refractivity contribution in [3.8, 4) is 0 Å². The van der Waals surface area contributed by atoms with Gasteiger partial charge in [-0.05, 0) is 49.0 Å². The van der Waals surface area contributed by atoms with Gasteiger partial charge in [0.05, 0.1) is 6.04 Å². The molecule has 2 unspecified atom stereocenters. The number of amides is 1. The van der Waals surface area contributed by atoms with Crippen LogP contribution in [0.3, 0.4) is 0 Å². The molecule has 3 aromatic rings. The summed E-state index contributed by atoms with van der Waals surface area (Å²) < 4.78 is 5.86. The molecule has 5 nitrogen and oxygen atoms in total. The lowest BCUT2D eigenvalue weighted by Gasteiger charge is -2.37. The molecule has 2 aliphatic rings. The Labute approximate surface area is 170 Å². The second-order valence-corrected chi connectivity index (χ2v) is 8.31. The summed E-state index contributed by atoms with van der Waals surface area (Å²) in [6, 6.07) is 19.1. The third-order valence-corrected chi connectivity index (χ3v) is 6.58. The van der Waals surface area contributed by atoms with Gasteiger partial charge < -0.3 is 20.4 Å². The molecule has 1 aromatic heterocycles. The molecular weight excluding hydrogens is 362 g/mol. The summed E-state index contributed by atoms with van der Waals surface area (Å²) in [7, 11) is 0. The lowest BCUT2D eigenvalue weighted by Crippen LogP contribution is -2.51. The number of piperidine rings is 1. The molecule has 150 valence electrons. The topological polar surface area (TPSA) is 66.2 Å². The van der Waals surface area contributed by atoms with Gasteiger partial charge in [0.1, 0.15) is 5.60 Å². The minimum Gasteiger partial charge on any atom is -0.441 e. The molecule has 29 heavy (non-hydrogen) atoms. The first-order valence-corrected chi connectivity index (χ1v) is 10.5. The smallest absolute Gasteiger partial charge is 0.408 e. The molecule has 5 heteroatoms. The Morgan fingerprint density at radius 3 is 2.62 bits per heavy atom. The predicted octanol–water partition coefficient (Wildman–Crippen LogP) is 4.11. The van der Waals surface area contributed by atoms with Crippen molar-refractivity contribution in [1.82, 2.24) is 15.6 Å². The number of para-hydroxylation sites is 1. The number of hydrogen-bond acceptors (Lipinski definition) is 3. The monoisotopic (exact) mass is 389 g/mol. The van der Waals surface area contributed by atoms with Gasteiger partial charge in [0.2, 0.25) is 0 Å². The van der Waals surface area contributed by atoms with Crippen LogP contribution in [-0.2, 0) is 11.2 Å². The molecule has 3 heterocycles. The van der Waals surface area contributed by atoms with Gasteiger partial charge in [0.25, 0.3) is 0 Å². The quantitative estimate of drug-likeness (QED) is 0.615. The van der Waals surface area contributed by atoms with Crippen LogP contribution in [-0.4, -0.2) is 35.8 Å². The second kappa shape index (κ2) is 7.56. The third-order valence-electron chi connectivity index (χ3n) is 6.58. The van der Waals surface area contributed by atoms with Crippen molar-refractivity contribution in [2.24, 2.45) is 0 Å². The third kappa shape index (κ3) is 3.51. The van der Waals surface area contributed by atoms with E-state index in [0.717, 1.165) is 44.3 Å². The molecule has 0 bridgehead atoms. The van der Waals surface area contributed by atoms with E-state index >= 15 is 0 Å². The standard InChI is InChI=1S/C24H27N3O2/c28-23-27-22(24(29-23)10-12-25-13-11-24)15-18(14-17-6-2-1-3-7-17)20-16-26-21-9-5-4-8-19(20)21/h1-9,16,18,22,25-26H,10-15H2,(H,27,28). The zero-order chi connectivity index (χ0) is 19.7. The molecule has 0 aliphatic carbocycles. The van der Waals surface area contributed by atoms with Gasteiger partial charge in [-0.25, -0.2) is 4.79 Å². The number of aromatic nitrogens is 1. The molecule has 0 saturated carbocycles. The van der Waals surface area contributed by atoms with Gasteiger partial charge >= 0.3 is 6.09 Å². The average molecular weight is 389 g/mol. The summed E-state index contributed by atoms with van der Waals surface area (Å²) in [5.41, 5.74) is 3.40. The van der Waals surface area contributed by atoms with E-state index in [1.807, 2.05) is 0 Å². The van der Waals surface area contributed by atoms with E-state index in [4.69, 9.17) is 4.74 Å². The van der Waals surface area contributed by atoms with Gasteiger partial charge in [-0.1, -0.05) is 48.5 Å². The first-order valence-electron chi connectivity index (χ1n) is 10.5. The van der Waals surface area contributed by atoms with E-state index in [-0.39, 0.29) is 23.7 Å². The van der Waals surface area contributed by atoms with Crippen molar-refractivity contribution in [2.75, 3.05) is 13.1 Å². The number of H-pyrrole nitrogens is 1. The fourth-order valence-corrected chi connectivity index (χ4v) is 5.07. The minimum atomic E-state index is -0.386. The molecule has 5 rings (SSSR count). The Morgan fingerprint density at radius 1 is 1.03 bits per heavy atom. The molecule has 0 radical (unpaired) electrons. The number of ether oxygens (including phenoxy) is 1. The molecule has 2 saturated heterocycles. The number of fused-ring (bicyclic) bond motifs is 1. The van der Waals surface area contributed by atoms with Crippen LogP contribution in [0.2, 0.25) is 0 Å². The molecule has 2 fully saturated rings. The SMILES string of the molecule is O=C1NC(CC(Cc2ccccc2)c2c[nH]c3ccccc23)C2(CCNCC2)O1. The molecule has 3 N–H and O–H groups in total.